The average Bonchev–Trinajstić information content (AvgIpc) is 3.25. The molecule has 0 aliphatic heterocycles. The van der Waals surface area contributed by atoms with E-state index in [-0.39, 0.29) is 13.1 Å². The Kier molecular flexibility index (Phi) is 7.63. The monoisotopic (exact) mass is 556 g/mol. The van der Waals surface area contributed by atoms with E-state index in [2.05, 4.69) is 0 Å². The molecule has 2 atom stereocenters. The summed E-state index contributed by atoms with van der Waals surface area (Å²) in [7, 11) is 0. The number of benzene rings is 2. The van der Waals surface area contributed by atoms with E-state index in [0.717, 1.165) is 45.3 Å². The number of aryl methyl sites for hydroxylation is 2. The van der Waals surface area contributed by atoms with E-state index >= 15 is 0 Å². The zero-order valence-electron chi connectivity index (χ0n) is 21.6. The topological polar surface area (TPSA) is 114 Å². The van der Waals surface area contributed by atoms with Crippen molar-refractivity contribution in [2.45, 2.75) is 52.2 Å². The molecule has 38 heavy (non-hydrogen) atoms. The van der Waals surface area contributed by atoms with Crippen molar-refractivity contribution in [3.63, 3.8) is 0 Å². The van der Waals surface area contributed by atoms with E-state index in [1.807, 2.05) is 59.4 Å². The highest BCUT2D eigenvalue weighted by Gasteiger charge is 2.27. The Labute approximate surface area is 230 Å². The summed E-state index contributed by atoms with van der Waals surface area (Å²) in [5.41, 5.74) is 13.6. The van der Waals surface area contributed by atoms with E-state index in [1.165, 1.54) is 0 Å². The van der Waals surface area contributed by atoms with Crippen LogP contribution < -0.4 is 11.5 Å². The van der Waals surface area contributed by atoms with Crippen LogP contribution in [0.2, 0.25) is 10.0 Å². The van der Waals surface area contributed by atoms with Crippen molar-refractivity contribution in [1.29, 1.82) is 0 Å². The van der Waals surface area contributed by atoms with Crippen molar-refractivity contribution in [3.05, 3.63) is 82.1 Å². The maximum Gasteiger partial charge on any atom is 0.332 e. The van der Waals surface area contributed by atoms with Gasteiger partial charge in [0.2, 0.25) is 0 Å². The molecule has 2 aromatic carbocycles. The molecule has 0 bridgehead atoms. The molecule has 2 aromatic heterocycles. The van der Waals surface area contributed by atoms with Gasteiger partial charge >= 0.3 is 11.9 Å². The highest BCUT2D eigenvalue weighted by molar-refractivity contribution is 6.31. The molecule has 0 saturated carbocycles. The Morgan fingerprint density at radius 3 is 1.50 bits per heavy atom. The van der Waals surface area contributed by atoms with Gasteiger partial charge in [-0.25, -0.2) is 9.59 Å². The molecule has 200 valence electrons. The SMILES string of the molecule is Cc1cc2cc(Cl)ccc2n1CC(C)(N)OC(=O)/C=C/C(=O)OC(C)(N)Cn1c(C)cc2cc(Cl)ccc21. The predicted molar refractivity (Wildman–Crippen MR) is 150 cm³/mol. The number of hydrogen-bond donors (Lipinski definition) is 2. The second-order valence-corrected chi connectivity index (χ2v) is 10.8. The first-order valence-electron chi connectivity index (χ1n) is 12.0. The maximum absolute atomic E-state index is 12.5. The summed E-state index contributed by atoms with van der Waals surface area (Å²) in [5, 5.41) is 3.17. The molecular weight excluding hydrogens is 527 g/mol. The van der Waals surface area contributed by atoms with Gasteiger partial charge in [-0.1, -0.05) is 23.2 Å². The summed E-state index contributed by atoms with van der Waals surface area (Å²) < 4.78 is 14.7. The van der Waals surface area contributed by atoms with Crippen LogP contribution in [-0.4, -0.2) is 32.5 Å². The molecule has 4 aromatic rings. The Morgan fingerprint density at radius 1 is 0.763 bits per heavy atom. The number of ether oxygens (including phenoxy) is 2. The quantitative estimate of drug-likeness (QED) is 0.175. The average molecular weight is 557 g/mol. The first kappa shape index (κ1) is 27.7. The van der Waals surface area contributed by atoms with Gasteiger partial charge < -0.3 is 18.6 Å². The Morgan fingerprint density at radius 2 is 1.13 bits per heavy atom. The number of fused-ring (bicyclic) bond motifs is 2. The highest BCUT2D eigenvalue weighted by atomic mass is 35.5. The number of carbonyl (C=O) groups is 2. The van der Waals surface area contributed by atoms with Gasteiger partial charge in [0.1, 0.15) is 0 Å². The Balaban J connectivity index is 1.37. The fourth-order valence-electron chi connectivity index (χ4n) is 4.54. The number of hydrogen-bond acceptors (Lipinski definition) is 6. The largest absolute Gasteiger partial charge is 0.439 e. The van der Waals surface area contributed by atoms with Crippen LogP contribution >= 0.6 is 23.2 Å². The summed E-state index contributed by atoms with van der Waals surface area (Å²) in [6.45, 7) is 7.43. The minimum atomic E-state index is -1.35. The van der Waals surface area contributed by atoms with Gasteiger partial charge in [-0.15, -0.1) is 0 Å². The zero-order valence-corrected chi connectivity index (χ0v) is 23.1. The van der Waals surface area contributed by atoms with Crippen LogP contribution in [0.5, 0.6) is 0 Å². The number of rotatable bonds is 8. The van der Waals surface area contributed by atoms with Crippen LogP contribution in [0.3, 0.4) is 0 Å². The highest BCUT2D eigenvalue weighted by Crippen LogP contribution is 2.26. The Bertz CT molecular complexity index is 1450. The summed E-state index contributed by atoms with van der Waals surface area (Å²) in [5.74, 6) is -1.57. The number of aromatic nitrogens is 2. The molecule has 2 heterocycles. The second-order valence-electron chi connectivity index (χ2n) is 9.95. The second kappa shape index (κ2) is 10.5. The van der Waals surface area contributed by atoms with E-state index in [1.54, 1.807) is 26.0 Å². The number of nitrogens with two attached hydrogens (primary N) is 2. The maximum atomic E-state index is 12.5. The van der Waals surface area contributed by atoms with Crippen molar-refractivity contribution in [2.75, 3.05) is 0 Å². The van der Waals surface area contributed by atoms with Crippen molar-refractivity contribution >= 4 is 56.9 Å². The summed E-state index contributed by atoms with van der Waals surface area (Å²) in [4.78, 5) is 24.9. The normalized spacial score (nSPS) is 15.1. The molecular formula is C28H30Cl2N4O4. The first-order chi connectivity index (χ1) is 17.7. The van der Waals surface area contributed by atoms with E-state index in [9.17, 15) is 9.59 Å². The van der Waals surface area contributed by atoms with Gasteiger partial charge in [-0.3, -0.25) is 11.5 Å². The lowest BCUT2D eigenvalue weighted by atomic mass is 10.2. The zero-order chi connectivity index (χ0) is 27.8. The van der Waals surface area contributed by atoms with E-state index < -0.39 is 23.4 Å². The molecule has 0 aliphatic carbocycles. The Hall–Kier alpha value is -3.30. The standard InChI is InChI=1S/C28H30Cl2N4O4/c1-17-11-19-13-21(29)5-7-23(19)33(17)15-27(3,31)37-25(35)9-10-26(36)38-28(4,32)16-34-18(2)12-20-14-22(30)6-8-24(20)34/h5-14H,15-16,31-32H2,1-4H3/b10-9+. The van der Waals surface area contributed by atoms with Gasteiger partial charge in [0.05, 0.1) is 13.1 Å². The van der Waals surface area contributed by atoms with Crippen LogP contribution in [0.15, 0.2) is 60.7 Å². The molecule has 0 aliphatic rings. The number of esters is 2. The molecule has 0 saturated heterocycles. The van der Waals surface area contributed by atoms with Crippen LogP contribution in [0.1, 0.15) is 25.2 Å². The van der Waals surface area contributed by atoms with Crippen LogP contribution in [0, 0.1) is 13.8 Å². The molecule has 2 unspecified atom stereocenters. The molecule has 0 spiro atoms. The predicted octanol–water partition coefficient (Wildman–Crippen LogP) is 5.21. The van der Waals surface area contributed by atoms with Crippen LogP contribution in [0.25, 0.3) is 21.8 Å². The van der Waals surface area contributed by atoms with Gasteiger partial charge in [-0.2, -0.15) is 0 Å². The van der Waals surface area contributed by atoms with E-state index in [4.69, 9.17) is 44.1 Å². The molecule has 4 rings (SSSR count). The van der Waals surface area contributed by atoms with Crippen molar-refractivity contribution in [3.8, 4) is 0 Å². The van der Waals surface area contributed by atoms with Gasteiger partial charge in [0.15, 0.2) is 11.4 Å². The minimum absolute atomic E-state index is 0.199. The summed E-state index contributed by atoms with van der Waals surface area (Å²) >= 11 is 12.2. The molecule has 8 nitrogen and oxygen atoms in total. The fraction of sp³-hybridized carbons (Fsp3) is 0.286. The minimum Gasteiger partial charge on any atom is -0.439 e. The van der Waals surface area contributed by atoms with Crippen LogP contribution in [-0.2, 0) is 32.2 Å². The molecule has 10 heteroatoms. The third kappa shape index (κ3) is 6.39. The molecule has 0 radical (unpaired) electrons. The molecule has 0 fully saturated rings. The van der Waals surface area contributed by atoms with Crippen LogP contribution in [0.4, 0.5) is 0 Å². The molecule has 4 N–H and O–H groups in total. The molecule has 0 amide bonds. The van der Waals surface area contributed by atoms with Gasteiger partial charge in [-0.05, 0) is 76.2 Å². The van der Waals surface area contributed by atoms with Gasteiger partial charge in [0, 0.05) is 55.4 Å². The van der Waals surface area contributed by atoms with Gasteiger partial charge in [0.25, 0.3) is 0 Å². The lowest BCUT2D eigenvalue weighted by Gasteiger charge is -2.26. The van der Waals surface area contributed by atoms with E-state index in [0.29, 0.717) is 10.0 Å². The number of nitrogens with zero attached hydrogens (tertiary/aromatic N) is 2. The summed E-state index contributed by atoms with van der Waals surface area (Å²) in [6.07, 6.45) is 1.95. The summed E-state index contributed by atoms with van der Waals surface area (Å²) in [6, 6.07) is 15.0. The number of halogens is 2. The smallest absolute Gasteiger partial charge is 0.332 e. The number of carbonyl (C=O) groups excluding carboxylic acids is 2. The first-order valence-corrected chi connectivity index (χ1v) is 12.7. The van der Waals surface area contributed by atoms with Crippen molar-refractivity contribution < 1.29 is 19.1 Å². The fourth-order valence-corrected chi connectivity index (χ4v) is 4.90. The van der Waals surface area contributed by atoms with Crippen molar-refractivity contribution in [1.82, 2.24) is 9.13 Å². The lowest BCUT2D eigenvalue weighted by Crippen LogP contribution is -2.45. The third-order valence-corrected chi connectivity index (χ3v) is 6.58. The third-order valence-electron chi connectivity index (χ3n) is 6.11. The van der Waals surface area contributed by atoms with Crippen molar-refractivity contribution in [2.24, 2.45) is 11.5 Å². The lowest BCUT2D eigenvalue weighted by molar-refractivity contribution is -0.155.